The minimum Gasteiger partial charge on any atom is -0.234 e. The summed E-state index contributed by atoms with van der Waals surface area (Å²) in [5, 5.41) is 5.33. The minimum absolute atomic E-state index is 0.270. The first-order valence-electron chi connectivity index (χ1n) is 2.08. The lowest BCUT2D eigenvalue weighted by molar-refractivity contribution is 0.229. The maximum Gasteiger partial charge on any atom is 0.288 e. The number of halogens is 2. The number of thioether (sulfide) groups is 1. The maximum absolute atomic E-state index is 11.7. The van der Waals surface area contributed by atoms with Crippen LogP contribution in [0.1, 0.15) is 0 Å². The maximum atomic E-state index is 11.7. The predicted octanol–water partition coefficient (Wildman–Crippen LogP) is 0.820. The molecule has 0 spiro atoms. The molecule has 1 heterocycles. The molecule has 1 N–H and O–H groups in total. The second-order valence-corrected chi connectivity index (χ2v) is 2.02. The van der Waals surface area contributed by atoms with E-state index in [4.69, 9.17) is 0 Å². The molecule has 0 atom stereocenters. The van der Waals surface area contributed by atoms with E-state index in [0.29, 0.717) is 0 Å². The van der Waals surface area contributed by atoms with E-state index in [1.54, 1.807) is 0 Å². The summed E-state index contributed by atoms with van der Waals surface area (Å²) in [5.41, 5.74) is 2.14. The molecule has 0 aromatic carbocycles. The third kappa shape index (κ3) is 1.57. The number of hydrazone groups is 1. The molecule has 0 unspecified atom stereocenters. The topological polar surface area (TPSA) is 24.4 Å². The molecule has 2 nitrogen and oxygen atoms in total. The van der Waals surface area contributed by atoms with E-state index < -0.39 is 6.43 Å². The van der Waals surface area contributed by atoms with Gasteiger partial charge in [0, 0.05) is 6.04 Å². The van der Waals surface area contributed by atoms with Crippen LogP contribution in [0.15, 0.2) is 5.10 Å². The number of nitrogens with zero attached hydrogens (tertiary/aromatic N) is 1. The molecular weight excluding hydrogens is 146 g/mol. The van der Waals surface area contributed by atoms with Gasteiger partial charge in [0.15, 0.2) is 5.04 Å². The van der Waals surface area contributed by atoms with Crippen molar-refractivity contribution in [2.45, 2.75) is 6.43 Å². The second kappa shape index (κ2) is 2.69. The van der Waals surface area contributed by atoms with Crippen LogP contribution in [0.2, 0.25) is 0 Å². The molecular formula is C4H2F2N2S. The van der Waals surface area contributed by atoms with Crippen LogP contribution in [-0.2, 0) is 0 Å². The molecule has 9 heavy (non-hydrogen) atoms. The number of nitrogens with one attached hydrogen (secondary N) is 1. The smallest absolute Gasteiger partial charge is 0.234 e. The molecule has 0 amide bonds. The SMILES string of the molecule is FC(F)C1=NNC#CS1. The fourth-order valence-corrected chi connectivity index (χ4v) is 0.681. The van der Waals surface area contributed by atoms with Gasteiger partial charge in [-0.25, -0.2) is 14.2 Å². The zero-order valence-corrected chi connectivity index (χ0v) is 5.01. The monoisotopic (exact) mass is 148 g/mol. The predicted molar refractivity (Wildman–Crippen MR) is 31.9 cm³/mol. The van der Waals surface area contributed by atoms with Crippen molar-refractivity contribution in [3.05, 3.63) is 0 Å². The summed E-state index contributed by atoms with van der Waals surface area (Å²) < 4.78 is 23.3. The van der Waals surface area contributed by atoms with Crippen LogP contribution >= 0.6 is 11.8 Å². The summed E-state index contributed by atoms with van der Waals surface area (Å²) >= 11 is 0.748. The van der Waals surface area contributed by atoms with E-state index in [1.807, 2.05) is 0 Å². The quantitative estimate of drug-likeness (QED) is 0.557. The van der Waals surface area contributed by atoms with Crippen molar-refractivity contribution in [1.82, 2.24) is 5.43 Å². The Morgan fingerprint density at radius 2 is 2.44 bits per heavy atom. The van der Waals surface area contributed by atoms with Gasteiger partial charge in [0.1, 0.15) is 0 Å². The lowest BCUT2D eigenvalue weighted by Gasteiger charge is -2.00. The van der Waals surface area contributed by atoms with Crippen molar-refractivity contribution in [1.29, 1.82) is 0 Å². The van der Waals surface area contributed by atoms with Crippen LogP contribution in [-0.4, -0.2) is 11.5 Å². The molecule has 0 saturated carbocycles. The Hall–Kier alpha value is -0.760. The molecule has 1 rings (SSSR count). The molecule has 1 aliphatic rings. The Labute approximate surface area is 54.7 Å². The van der Waals surface area contributed by atoms with Gasteiger partial charge in [-0.1, -0.05) is 0 Å². The molecule has 0 radical (unpaired) electrons. The van der Waals surface area contributed by atoms with Crippen molar-refractivity contribution in [2.75, 3.05) is 0 Å². The highest BCUT2D eigenvalue weighted by molar-refractivity contribution is 8.18. The van der Waals surface area contributed by atoms with E-state index in [9.17, 15) is 8.78 Å². The van der Waals surface area contributed by atoms with Crippen LogP contribution in [0.4, 0.5) is 8.78 Å². The standard InChI is InChI=1S/C4H2F2N2S/c5-3(6)4-8-7-1-2-9-4/h3,7H. The Balaban J connectivity index is 2.55. The molecule has 5 heteroatoms. The van der Waals surface area contributed by atoms with Crippen LogP contribution in [0, 0.1) is 11.3 Å². The lowest BCUT2D eigenvalue weighted by atomic mass is 10.8. The van der Waals surface area contributed by atoms with E-state index in [2.05, 4.69) is 21.8 Å². The number of hydrogen-bond acceptors (Lipinski definition) is 3. The third-order valence-electron chi connectivity index (χ3n) is 0.615. The van der Waals surface area contributed by atoms with Crippen LogP contribution in [0.5, 0.6) is 0 Å². The Morgan fingerprint density at radius 3 is 2.78 bits per heavy atom. The molecule has 0 fully saturated rings. The molecule has 0 aromatic heterocycles. The molecule has 48 valence electrons. The van der Waals surface area contributed by atoms with Crippen molar-refractivity contribution < 1.29 is 8.78 Å². The van der Waals surface area contributed by atoms with Crippen molar-refractivity contribution >= 4 is 16.8 Å². The van der Waals surface area contributed by atoms with Gasteiger partial charge in [-0.15, -0.1) is 0 Å². The van der Waals surface area contributed by atoms with E-state index in [-0.39, 0.29) is 5.04 Å². The Kier molecular flexibility index (Phi) is 1.90. The highest BCUT2D eigenvalue weighted by Gasteiger charge is 2.13. The highest BCUT2D eigenvalue weighted by Crippen LogP contribution is 2.11. The summed E-state index contributed by atoms with van der Waals surface area (Å²) in [4.78, 5) is 0. The summed E-state index contributed by atoms with van der Waals surface area (Å²) in [6, 6.07) is 2.31. The first-order valence-corrected chi connectivity index (χ1v) is 2.90. The van der Waals surface area contributed by atoms with Crippen molar-refractivity contribution in [2.24, 2.45) is 5.10 Å². The highest BCUT2D eigenvalue weighted by atomic mass is 32.2. The normalized spacial score (nSPS) is 15.7. The fourth-order valence-electron chi connectivity index (χ4n) is 0.300. The lowest BCUT2D eigenvalue weighted by Crippen LogP contribution is -2.12. The van der Waals surface area contributed by atoms with Gasteiger partial charge in [0.2, 0.25) is 0 Å². The van der Waals surface area contributed by atoms with Gasteiger partial charge in [0.25, 0.3) is 6.43 Å². The average Bonchev–Trinajstić information content (AvgIpc) is 1.90. The van der Waals surface area contributed by atoms with E-state index in [1.165, 1.54) is 0 Å². The third-order valence-corrected chi connectivity index (χ3v) is 1.30. The van der Waals surface area contributed by atoms with Crippen LogP contribution in [0.25, 0.3) is 0 Å². The molecule has 0 aliphatic carbocycles. The largest absolute Gasteiger partial charge is 0.288 e. The molecule has 0 bridgehead atoms. The molecule has 0 aromatic rings. The van der Waals surface area contributed by atoms with E-state index in [0.717, 1.165) is 11.8 Å². The van der Waals surface area contributed by atoms with Gasteiger partial charge < -0.3 is 0 Å². The van der Waals surface area contributed by atoms with Crippen molar-refractivity contribution in [3.8, 4) is 11.3 Å². The fraction of sp³-hybridized carbons (Fsp3) is 0.250. The summed E-state index contributed by atoms with van der Waals surface area (Å²) in [7, 11) is 0. The summed E-state index contributed by atoms with van der Waals surface area (Å²) in [6.07, 6.45) is -2.52. The van der Waals surface area contributed by atoms with Crippen LogP contribution < -0.4 is 5.43 Å². The van der Waals surface area contributed by atoms with Gasteiger partial charge in [-0.2, -0.15) is 5.10 Å². The number of rotatable bonds is 1. The molecule has 0 saturated heterocycles. The van der Waals surface area contributed by atoms with Crippen LogP contribution in [0.3, 0.4) is 0 Å². The average molecular weight is 148 g/mol. The van der Waals surface area contributed by atoms with Gasteiger partial charge >= 0.3 is 0 Å². The van der Waals surface area contributed by atoms with Gasteiger partial charge in [-0.3, -0.25) is 0 Å². The summed E-state index contributed by atoms with van der Waals surface area (Å²) in [5.74, 6) is 0. The minimum atomic E-state index is -2.52. The van der Waals surface area contributed by atoms with Gasteiger partial charge in [-0.05, 0) is 17.0 Å². The Morgan fingerprint density at radius 1 is 1.67 bits per heavy atom. The zero-order valence-electron chi connectivity index (χ0n) is 4.19. The van der Waals surface area contributed by atoms with Crippen molar-refractivity contribution in [3.63, 3.8) is 0 Å². The Bertz CT molecular complexity index is 190. The number of hydrogen-bond donors (Lipinski definition) is 1. The summed E-state index contributed by atoms with van der Waals surface area (Å²) in [6.45, 7) is 0. The number of alkyl halides is 2. The first kappa shape index (κ1) is 6.36. The second-order valence-electron chi connectivity index (χ2n) is 1.19. The zero-order chi connectivity index (χ0) is 6.69. The molecule has 1 aliphatic heterocycles. The first-order chi connectivity index (χ1) is 4.30. The van der Waals surface area contributed by atoms with Gasteiger partial charge in [0.05, 0.1) is 0 Å². The van der Waals surface area contributed by atoms with E-state index >= 15 is 0 Å².